The molecular weight excluding hydrogens is 620 g/mol. The van der Waals surface area contributed by atoms with Gasteiger partial charge in [0.25, 0.3) is 10.1 Å². The van der Waals surface area contributed by atoms with Crippen molar-refractivity contribution in [3.63, 3.8) is 0 Å². The Morgan fingerprint density at radius 2 is 1.14 bits per heavy atom. The highest BCUT2D eigenvalue weighted by molar-refractivity contribution is 14.2. The molecule has 0 aliphatic heterocycles. The smallest absolute Gasteiger partial charge is 0.282 e. The van der Waals surface area contributed by atoms with Gasteiger partial charge in [0.1, 0.15) is 4.90 Å². The van der Waals surface area contributed by atoms with Crippen LogP contribution in [-0.2, 0) is 33.3 Å². The van der Waals surface area contributed by atoms with Crippen molar-refractivity contribution < 1.29 is 32.3 Å². The predicted molar refractivity (Wildman–Crippen MR) is 144 cm³/mol. The van der Waals surface area contributed by atoms with Crippen molar-refractivity contribution in [2.75, 3.05) is 0 Å². The molecule has 0 amide bonds. The van der Waals surface area contributed by atoms with E-state index < -0.39 is 50.1 Å². The normalized spacial score (nSPS) is 13.3. The first-order chi connectivity index (χ1) is 16.7. The van der Waals surface area contributed by atoms with E-state index in [1.165, 1.54) is 12.1 Å². The lowest BCUT2D eigenvalue weighted by molar-refractivity contribution is -0.140. The molecule has 0 heterocycles. The van der Waals surface area contributed by atoms with E-state index in [1.54, 1.807) is 36.4 Å². The van der Waals surface area contributed by atoms with Gasteiger partial charge in [-0.1, -0.05) is 90.1 Å². The SMILES string of the molecule is CC(C)(C)c1ccc(-c2cc(S(=O)(=O)O)c(C(F)(F)F)c(I(=O)=O)c2-c2ccc(C(C)(C)C)cc2)cc1. The Balaban J connectivity index is 2.54. The van der Waals surface area contributed by atoms with Crippen LogP contribution < -0.4 is 0 Å². The van der Waals surface area contributed by atoms with Crippen molar-refractivity contribution in [2.24, 2.45) is 0 Å². The van der Waals surface area contributed by atoms with Gasteiger partial charge in [-0.2, -0.15) is 21.6 Å². The third kappa shape index (κ3) is 6.23. The third-order valence-electron chi connectivity index (χ3n) is 6.05. The van der Waals surface area contributed by atoms with Crippen LogP contribution in [-0.4, -0.2) is 13.0 Å². The van der Waals surface area contributed by atoms with Crippen LogP contribution in [0.2, 0.25) is 0 Å². The Morgan fingerprint density at radius 1 is 0.730 bits per heavy atom. The van der Waals surface area contributed by atoms with Crippen molar-refractivity contribution in [3.8, 4) is 22.3 Å². The van der Waals surface area contributed by atoms with E-state index in [9.17, 15) is 32.3 Å². The Bertz CT molecular complexity index is 1500. The summed E-state index contributed by atoms with van der Waals surface area (Å²) in [6, 6.07) is 13.9. The number of hydrogen-bond donors (Lipinski definition) is 1. The van der Waals surface area contributed by atoms with Crippen LogP contribution >= 0.6 is 19.8 Å². The van der Waals surface area contributed by atoms with E-state index in [0.717, 1.165) is 11.1 Å². The zero-order valence-corrected chi connectivity index (χ0v) is 24.2. The lowest BCUT2D eigenvalue weighted by Gasteiger charge is -2.23. The highest BCUT2D eigenvalue weighted by Gasteiger charge is 2.43. The fourth-order valence-electron chi connectivity index (χ4n) is 4.05. The molecule has 0 unspecified atom stereocenters. The zero-order valence-electron chi connectivity index (χ0n) is 21.2. The van der Waals surface area contributed by atoms with E-state index in [4.69, 9.17) is 0 Å². The average molecular weight is 648 g/mol. The van der Waals surface area contributed by atoms with Gasteiger partial charge in [0, 0.05) is 5.56 Å². The maximum atomic E-state index is 14.2. The number of alkyl halides is 3. The van der Waals surface area contributed by atoms with Crippen LogP contribution in [0.3, 0.4) is 0 Å². The minimum Gasteiger partial charge on any atom is -0.282 e. The van der Waals surface area contributed by atoms with Crippen LogP contribution in [0.5, 0.6) is 0 Å². The van der Waals surface area contributed by atoms with Crippen LogP contribution in [0.25, 0.3) is 22.3 Å². The molecule has 0 radical (unpaired) electrons. The summed E-state index contributed by atoms with van der Waals surface area (Å²) in [6.45, 7) is 11.8. The van der Waals surface area contributed by atoms with Crippen LogP contribution in [0, 0.1) is 3.57 Å². The van der Waals surface area contributed by atoms with Crippen molar-refractivity contribution in [1.29, 1.82) is 0 Å². The first-order valence-corrected chi connectivity index (χ1v) is 15.5. The maximum Gasteiger partial charge on any atom is 0.418 e. The van der Waals surface area contributed by atoms with Gasteiger partial charge >= 0.3 is 26.0 Å². The van der Waals surface area contributed by atoms with E-state index in [2.05, 4.69) is 0 Å². The Morgan fingerprint density at radius 3 is 1.46 bits per heavy atom. The monoisotopic (exact) mass is 648 g/mol. The van der Waals surface area contributed by atoms with Gasteiger partial charge in [0.15, 0.2) is 0 Å². The van der Waals surface area contributed by atoms with Gasteiger partial charge in [0.05, 0.1) is 9.13 Å². The molecule has 37 heavy (non-hydrogen) atoms. The maximum absolute atomic E-state index is 14.2. The molecule has 0 aliphatic carbocycles. The predicted octanol–water partition coefficient (Wildman–Crippen LogP) is 8.25. The summed E-state index contributed by atoms with van der Waals surface area (Å²) in [5.74, 6) is 0. The topological polar surface area (TPSA) is 88.5 Å². The molecule has 3 aromatic rings. The number of halogens is 4. The minimum absolute atomic E-state index is 0.0476. The summed E-state index contributed by atoms with van der Waals surface area (Å²) in [5, 5.41) is 0. The lowest BCUT2D eigenvalue weighted by Crippen LogP contribution is -2.17. The second kappa shape index (κ2) is 9.77. The highest BCUT2D eigenvalue weighted by Crippen LogP contribution is 2.49. The summed E-state index contributed by atoms with van der Waals surface area (Å²) >= 11 is -5.01. The molecule has 0 aliphatic rings. The number of rotatable bonds is 4. The molecule has 10 heteroatoms. The summed E-state index contributed by atoms with van der Waals surface area (Å²) < 4.78 is 100. The Hall–Kier alpha value is -2.31. The van der Waals surface area contributed by atoms with E-state index in [0.29, 0.717) is 11.6 Å². The molecule has 0 saturated carbocycles. The molecule has 3 rings (SSSR count). The van der Waals surface area contributed by atoms with E-state index in [-0.39, 0.29) is 27.5 Å². The van der Waals surface area contributed by atoms with Crippen molar-refractivity contribution in [3.05, 3.63) is 74.9 Å². The fourth-order valence-corrected chi connectivity index (χ4v) is 7.05. The molecule has 0 saturated heterocycles. The third-order valence-corrected chi connectivity index (χ3v) is 8.88. The lowest BCUT2D eigenvalue weighted by atomic mass is 9.84. The second-order valence-corrected chi connectivity index (χ2v) is 14.5. The highest BCUT2D eigenvalue weighted by atomic mass is 127. The molecule has 200 valence electrons. The zero-order chi connectivity index (χ0) is 28.1. The molecule has 0 aromatic heterocycles. The first kappa shape index (κ1) is 29.2. The van der Waals surface area contributed by atoms with Gasteiger partial charge in [-0.05, 0) is 44.7 Å². The Kier molecular flexibility index (Phi) is 7.73. The quantitative estimate of drug-likeness (QED) is 0.228. The molecule has 0 bridgehead atoms. The number of hydrogen-bond acceptors (Lipinski definition) is 4. The molecule has 0 spiro atoms. The van der Waals surface area contributed by atoms with Gasteiger partial charge in [-0.3, -0.25) is 4.55 Å². The molecular formula is C27H28F3IO5S. The summed E-state index contributed by atoms with van der Waals surface area (Å²) in [4.78, 5) is -1.49. The second-order valence-electron chi connectivity index (χ2n) is 10.8. The van der Waals surface area contributed by atoms with Crippen LogP contribution in [0.15, 0.2) is 59.5 Å². The van der Waals surface area contributed by atoms with E-state index in [1.807, 2.05) is 41.5 Å². The van der Waals surface area contributed by atoms with Crippen LogP contribution in [0.4, 0.5) is 13.2 Å². The van der Waals surface area contributed by atoms with Crippen LogP contribution in [0.1, 0.15) is 58.2 Å². The fraction of sp³-hybridized carbons (Fsp3) is 0.333. The summed E-state index contributed by atoms with van der Waals surface area (Å²) in [5.41, 5.74) is -0.413. The standard InChI is InChI=1S/C27H28F3IO5S/c1-25(2,3)18-11-7-16(8-12-18)20-15-21(37(34,35)36)23(27(28,29)30)24(31(32)33)22(20)17-9-13-19(14-10-17)26(4,5)6/h7-15H,1-6H3,(H,34,35,36). The van der Waals surface area contributed by atoms with E-state index >= 15 is 0 Å². The number of benzene rings is 3. The minimum atomic E-state index is -5.43. The van der Waals surface area contributed by atoms with Crippen molar-refractivity contribution in [1.82, 2.24) is 0 Å². The van der Waals surface area contributed by atoms with Gasteiger partial charge in [0.2, 0.25) is 0 Å². The average Bonchev–Trinajstić information content (AvgIpc) is 2.75. The molecule has 0 atom stereocenters. The largest absolute Gasteiger partial charge is 0.418 e. The van der Waals surface area contributed by atoms with Crippen molar-refractivity contribution in [2.45, 2.75) is 63.4 Å². The molecule has 5 nitrogen and oxygen atoms in total. The molecule has 0 fully saturated rings. The van der Waals surface area contributed by atoms with Gasteiger partial charge in [-0.25, -0.2) is 6.14 Å². The molecule has 1 N–H and O–H groups in total. The van der Waals surface area contributed by atoms with Crippen molar-refractivity contribution >= 4 is 29.9 Å². The summed E-state index contributed by atoms with van der Waals surface area (Å²) in [7, 11) is -5.43. The Labute approximate surface area is 222 Å². The first-order valence-electron chi connectivity index (χ1n) is 11.3. The molecule has 3 aromatic carbocycles. The summed E-state index contributed by atoms with van der Waals surface area (Å²) in [6.07, 6.45) is -5.36. The van der Waals surface area contributed by atoms with Gasteiger partial charge < -0.3 is 0 Å². The van der Waals surface area contributed by atoms with Gasteiger partial charge in [-0.15, -0.1) is 0 Å².